The predicted octanol–water partition coefficient (Wildman–Crippen LogP) is 2.27. The molecule has 1 aromatic rings. The highest BCUT2D eigenvalue weighted by Crippen LogP contribution is 2.26. The van der Waals surface area contributed by atoms with Crippen LogP contribution in [0.5, 0.6) is 0 Å². The lowest BCUT2D eigenvalue weighted by molar-refractivity contribution is -0.128. The number of benzene rings is 1. The number of halogens is 1. The van der Waals surface area contributed by atoms with Crippen LogP contribution in [-0.4, -0.2) is 75.2 Å². The number of carbonyl (C=O) groups excluding carboxylic acids is 1. The van der Waals surface area contributed by atoms with Crippen molar-refractivity contribution in [2.24, 2.45) is 5.92 Å². The Kier molecular flexibility index (Phi) is 6.20. The minimum absolute atomic E-state index is 0.273. The molecular weight excluding hydrogens is 338 g/mol. The highest BCUT2D eigenvalue weighted by atomic mass is 35.5. The SMILES string of the molecule is COCCN1C[C@H](CN2CCN(c3cc(Cl)ccc3C)CC2)CC1=O. The standard InChI is InChI=1S/C19H28ClN3O2/c1-15-3-4-17(20)12-18(15)22-7-5-21(6-8-22)13-16-11-19(24)23(14-16)9-10-25-2/h3-4,12,16H,5-11,13-14H2,1-2H3/t16-/m0/s1. The molecule has 138 valence electrons. The minimum Gasteiger partial charge on any atom is -0.383 e. The number of amides is 1. The van der Waals surface area contributed by atoms with Gasteiger partial charge >= 0.3 is 0 Å². The molecule has 0 aromatic heterocycles. The second kappa shape index (κ2) is 8.39. The van der Waals surface area contributed by atoms with Crippen molar-refractivity contribution in [2.75, 3.05) is 64.4 Å². The second-order valence-electron chi connectivity index (χ2n) is 7.12. The molecule has 0 radical (unpaired) electrons. The fraction of sp³-hybridized carbons (Fsp3) is 0.632. The van der Waals surface area contributed by atoms with Gasteiger partial charge in [0.2, 0.25) is 5.91 Å². The normalized spacial score (nSPS) is 22.0. The largest absolute Gasteiger partial charge is 0.383 e. The summed E-state index contributed by atoms with van der Waals surface area (Å²) in [6.45, 7) is 9.45. The molecule has 25 heavy (non-hydrogen) atoms. The number of hydrogen-bond donors (Lipinski definition) is 0. The van der Waals surface area contributed by atoms with Gasteiger partial charge in [-0.2, -0.15) is 0 Å². The number of methoxy groups -OCH3 is 1. The van der Waals surface area contributed by atoms with E-state index in [4.69, 9.17) is 16.3 Å². The molecule has 1 amide bonds. The first-order valence-electron chi connectivity index (χ1n) is 9.07. The van der Waals surface area contributed by atoms with Gasteiger partial charge in [0, 0.05) is 70.1 Å². The van der Waals surface area contributed by atoms with E-state index in [9.17, 15) is 4.79 Å². The van der Waals surface area contributed by atoms with Crippen molar-refractivity contribution in [1.82, 2.24) is 9.80 Å². The summed E-state index contributed by atoms with van der Waals surface area (Å²) < 4.78 is 5.09. The van der Waals surface area contributed by atoms with E-state index in [0.717, 1.165) is 44.3 Å². The molecule has 3 rings (SSSR count). The first-order valence-corrected chi connectivity index (χ1v) is 9.45. The molecule has 2 aliphatic heterocycles. The van der Waals surface area contributed by atoms with Gasteiger partial charge in [-0.25, -0.2) is 0 Å². The van der Waals surface area contributed by atoms with Crippen molar-refractivity contribution in [3.63, 3.8) is 0 Å². The van der Waals surface area contributed by atoms with Gasteiger partial charge in [0.25, 0.3) is 0 Å². The zero-order valence-corrected chi connectivity index (χ0v) is 16.0. The average molecular weight is 366 g/mol. The summed E-state index contributed by atoms with van der Waals surface area (Å²) in [7, 11) is 1.68. The Hall–Kier alpha value is -1.30. The van der Waals surface area contributed by atoms with Crippen molar-refractivity contribution in [2.45, 2.75) is 13.3 Å². The van der Waals surface area contributed by atoms with Gasteiger partial charge in [-0.15, -0.1) is 0 Å². The summed E-state index contributed by atoms with van der Waals surface area (Å²) >= 11 is 6.16. The third-order valence-electron chi connectivity index (χ3n) is 5.26. The highest BCUT2D eigenvalue weighted by molar-refractivity contribution is 6.30. The predicted molar refractivity (Wildman–Crippen MR) is 101 cm³/mol. The molecule has 1 atom stereocenters. The Morgan fingerprint density at radius 1 is 1.24 bits per heavy atom. The number of likely N-dealkylation sites (tertiary alicyclic amines) is 1. The minimum atomic E-state index is 0.273. The monoisotopic (exact) mass is 365 g/mol. The van der Waals surface area contributed by atoms with E-state index in [2.05, 4.69) is 28.9 Å². The van der Waals surface area contributed by atoms with Gasteiger partial charge in [0.05, 0.1) is 6.61 Å². The molecule has 0 saturated carbocycles. The number of anilines is 1. The average Bonchev–Trinajstić information content (AvgIpc) is 2.95. The Morgan fingerprint density at radius 3 is 2.72 bits per heavy atom. The topological polar surface area (TPSA) is 36.0 Å². The summed E-state index contributed by atoms with van der Waals surface area (Å²) in [4.78, 5) is 18.9. The van der Waals surface area contributed by atoms with Crippen LogP contribution in [0.2, 0.25) is 5.02 Å². The smallest absolute Gasteiger partial charge is 0.223 e. The Balaban J connectivity index is 1.48. The van der Waals surface area contributed by atoms with Crippen LogP contribution >= 0.6 is 11.6 Å². The van der Waals surface area contributed by atoms with Crippen LogP contribution in [0.1, 0.15) is 12.0 Å². The van der Waals surface area contributed by atoms with E-state index >= 15 is 0 Å². The molecule has 2 aliphatic rings. The van der Waals surface area contributed by atoms with E-state index in [1.54, 1.807) is 7.11 Å². The van der Waals surface area contributed by atoms with Crippen LogP contribution in [0.3, 0.4) is 0 Å². The molecule has 5 nitrogen and oxygen atoms in total. The second-order valence-corrected chi connectivity index (χ2v) is 7.56. The van der Waals surface area contributed by atoms with E-state index in [0.29, 0.717) is 25.5 Å². The molecule has 0 bridgehead atoms. The lowest BCUT2D eigenvalue weighted by Gasteiger charge is -2.37. The molecule has 0 N–H and O–H groups in total. The van der Waals surface area contributed by atoms with Gasteiger partial charge in [-0.1, -0.05) is 17.7 Å². The zero-order valence-electron chi connectivity index (χ0n) is 15.2. The van der Waals surface area contributed by atoms with Crippen molar-refractivity contribution in [3.05, 3.63) is 28.8 Å². The highest BCUT2D eigenvalue weighted by Gasteiger charge is 2.31. The summed E-state index contributed by atoms with van der Waals surface area (Å²) in [5, 5.41) is 0.795. The third-order valence-corrected chi connectivity index (χ3v) is 5.50. The lowest BCUT2D eigenvalue weighted by atomic mass is 10.1. The van der Waals surface area contributed by atoms with Gasteiger partial charge in [0.1, 0.15) is 0 Å². The van der Waals surface area contributed by atoms with E-state index in [1.165, 1.54) is 11.3 Å². The summed E-state index contributed by atoms with van der Waals surface area (Å²) in [5.41, 5.74) is 2.52. The van der Waals surface area contributed by atoms with Crippen LogP contribution in [0, 0.1) is 12.8 Å². The molecule has 2 saturated heterocycles. The summed E-state index contributed by atoms with van der Waals surface area (Å²) in [6, 6.07) is 6.10. The zero-order chi connectivity index (χ0) is 17.8. The van der Waals surface area contributed by atoms with Crippen molar-refractivity contribution < 1.29 is 9.53 Å². The summed E-state index contributed by atoms with van der Waals surface area (Å²) in [6.07, 6.45) is 0.678. The van der Waals surface area contributed by atoms with Crippen LogP contribution in [0.4, 0.5) is 5.69 Å². The van der Waals surface area contributed by atoms with Gasteiger partial charge < -0.3 is 14.5 Å². The number of aryl methyl sites for hydroxylation is 1. The molecule has 0 spiro atoms. The Morgan fingerprint density at radius 2 is 2.00 bits per heavy atom. The maximum atomic E-state index is 12.1. The maximum absolute atomic E-state index is 12.1. The lowest BCUT2D eigenvalue weighted by Crippen LogP contribution is -2.48. The Labute approximate surface area is 155 Å². The molecule has 6 heteroatoms. The van der Waals surface area contributed by atoms with E-state index < -0.39 is 0 Å². The van der Waals surface area contributed by atoms with Crippen LogP contribution in [0.15, 0.2) is 18.2 Å². The number of piperazine rings is 1. The molecule has 2 fully saturated rings. The number of nitrogens with zero attached hydrogens (tertiary/aromatic N) is 3. The molecule has 2 heterocycles. The fourth-order valence-electron chi connectivity index (χ4n) is 3.85. The Bertz CT molecular complexity index is 602. The number of carbonyl (C=O) groups is 1. The van der Waals surface area contributed by atoms with Gasteiger partial charge in [-0.05, 0) is 30.5 Å². The maximum Gasteiger partial charge on any atom is 0.223 e. The number of hydrogen-bond acceptors (Lipinski definition) is 4. The van der Waals surface area contributed by atoms with Gasteiger partial charge in [0.15, 0.2) is 0 Å². The van der Waals surface area contributed by atoms with Crippen LogP contribution < -0.4 is 4.90 Å². The number of ether oxygens (including phenoxy) is 1. The van der Waals surface area contributed by atoms with Crippen molar-refractivity contribution >= 4 is 23.2 Å². The number of rotatable bonds is 6. The fourth-order valence-corrected chi connectivity index (χ4v) is 4.02. The molecule has 0 aliphatic carbocycles. The van der Waals surface area contributed by atoms with Crippen LogP contribution in [-0.2, 0) is 9.53 Å². The van der Waals surface area contributed by atoms with E-state index in [-0.39, 0.29) is 5.91 Å². The third kappa shape index (κ3) is 4.66. The van der Waals surface area contributed by atoms with Gasteiger partial charge in [-0.3, -0.25) is 9.69 Å². The summed E-state index contributed by atoms with van der Waals surface area (Å²) in [5.74, 6) is 0.721. The van der Waals surface area contributed by atoms with E-state index in [1.807, 2.05) is 11.0 Å². The first-order chi connectivity index (χ1) is 12.1. The van der Waals surface area contributed by atoms with Crippen molar-refractivity contribution in [1.29, 1.82) is 0 Å². The molecular formula is C19H28ClN3O2. The van der Waals surface area contributed by atoms with Crippen molar-refractivity contribution in [3.8, 4) is 0 Å². The molecule has 0 unspecified atom stereocenters. The first kappa shape index (κ1) is 18.5. The van der Waals surface area contributed by atoms with Crippen LogP contribution in [0.25, 0.3) is 0 Å². The quantitative estimate of drug-likeness (QED) is 0.774. The molecule has 1 aromatic carbocycles.